The highest BCUT2D eigenvalue weighted by Gasteiger charge is 2.07. The van der Waals surface area contributed by atoms with E-state index in [9.17, 15) is 0 Å². The molecule has 0 aliphatic carbocycles. The summed E-state index contributed by atoms with van der Waals surface area (Å²) in [6.07, 6.45) is 0.921. The zero-order valence-corrected chi connectivity index (χ0v) is 11.0. The number of aromatic nitrogens is 2. The zero-order valence-electron chi connectivity index (χ0n) is 11.0. The van der Waals surface area contributed by atoms with Gasteiger partial charge in [-0.25, -0.2) is 0 Å². The lowest BCUT2D eigenvalue weighted by atomic mass is 10.1. The van der Waals surface area contributed by atoms with Crippen LogP contribution >= 0.6 is 0 Å². The molecule has 4 nitrogen and oxygen atoms in total. The van der Waals surface area contributed by atoms with E-state index in [1.54, 1.807) is 0 Å². The van der Waals surface area contributed by atoms with Gasteiger partial charge in [-0.3, -0.25) is 0 Å². The lowest BCUT2D eigenvalue weighted by molar-refractivity contribution is 0.581. The average Bonchev–Trinajstić information content (AvgIpc) is 2.98. The van der Waals surface area contributed by atoms with Crippen molar-refractivity contribution in [3.05, 3.63) is 66.2 Å². The van der Waals surface area contributed by atoms with Crippen LogP contribution < -0.4 is 5.32 Å². The van der Waals surface area contributed by atoms with E-state index in [2.05, 4.69) is 27.6 Å². The minimum atomic E-state index is 0.458. The van der Waals surface area contributed by atoms with Gasteiger partial charge in [0.25, 0.3) is 0 Å². The molecule has 4 heteroatoms. The minimum absolute atomic E-state index is 0.458. The fourth-order valence-electron chi connectivity index (χ4n) is 1.95. The van der Waals surface area contributed by atoms with Gasteiger partial charge in [0, 0.05) is 12.1 Å². The van der Waals surface area contributed by atoms with E-state index in [-0.39, 0.29) is 0 Å². The van der Waals surface area contributed by atoms with Crippen molar-refractivity contribution in [1.82, 2.24) is 10.2 Å². The molecule has 0 fully saturated rings. The third kappa shape index (κ3) is 3.03. The van der Waals surface area contributed by atoms with E-state index in [0.29, 0.717) is 11.9 Å². The first-order valence-corrected chi connectivity index (χ1v) is 6.58. The van der Waals surface area contributed by atoms with Gasteiger partial charge in [-0.15, -0.1) is 5.10 Å². The first-order chi connectivity index (χ1) is 9.92. The van der Waals surface area contributed by atoms with Crippen molar-refractivity contribution >= 4 is 6.01 Å². The molecule has 2 aromatic carbocycles. The van der Waals surface area contributed by atoms with Crippen molar-refractivity contribution in [3.63, 3.8) is 0 Å². The molecule has 0 radical (unpaired) electrons. The average molecular weight is 265 g/mol. The Morgan fingerprint density at radius 1 is 0.850 bits per heavy atom. The van der Waals surface area contributed by atoms with Gasteiger partial charge in [-0.05, 0) is 24.1 Å². The summed E-state index contributed by atoms with van der Waals surface area (Å²) >= 11 is 0. The quantitative estimate of drug-likeness (QED) is 0.768. The topological polar surface area (TPSA) is 51.0 Å². The number of anilines is 1. The molecule has 20 heavy (non-hydrogen) atoms. The maximum Gasteiger partial charge on any atom is 0.315 e. The lowest BCUT2D eigenvalue weighted by Crippen LogP contribution is -2.04. The Balaban J connectivity index is 1.58. The molecule has 1 N–H and O–H groups in total. The highest BCUT2D eigenvalue weighted by atomic mass is 16.4. The first-order valence-electron chi connectivity index (χ1n) is 6.58. The molecule has 0 aliphatic heterocycles. The van der Waals surface area contributed by atoms with Crippen molar-refractivity contribution in [2.24, 2.45) is 0 Å². The maximum atomic E-state index is 5.57. The number of hydrogen-bond donors (Lipinski definition) is 1. The summed E-state index contributed by atoms with van der Waals surface area (Å²) in [6, 6.07) is 20.5. The van der Waals surface area contributed by atoms with Crippen LogP contribution in [0, 0.1) is 0 Å². The van der Waals surface area contributed by atoms with E-state index in [1.165, 1.54) is 5.56 Å². The van der Waals surface area contributed by atoms with Crippen molar-refractivity contribution in [2.45, 2.75) is 6.42 Å². The largest absolute Gasteiger partial charge is 0.403 e. The molecule has 3 aromatic rings. The van der Waals surface area contributed by atoms with Crippen LogP contribution in [0.5, 0.6) is 0 Å². The zero-order chi connectivity index (χ0) is 13.6. The Morgan fingerprint density at radius 2 is 1.55 bits per heavy atom. The highest BCUT2D eigenvalue weighted by molar-refractivity contribution is 5.52. The summed E-state index contributed by atoms with van der Waals surface area (Å²) in [7, 11) is 0. The summed E-state index contributed by atoms with van der Waals surface area (Å²) in [5.41, 5.74) is 2.21. The Bertz CT molecular complexity index is 650. The van der Waals surface area contributed by atoms with E-state index in [0.717, 1.165) is 18.5 Å². The van der Waals surface area contributed by atoms with Gasteiger partial charge in [-0.2, -0.15) is 0 Å². The summed E-state index contributed by atoms with van der Waals surface area (Å²) in [5, 5.41) is 11.2. The molecule has 0 saturated carbocycles. The second-order valence-corrected chi connectivity index (χ2v) is 4.44. The van der Waals surface area contributed by atoms with Crippen LogP contribution in [0.2, 0.25) is 0 Å². The van der Waals surface area contributed by atoms with E-state index in [4.69, 9.17) is 4.42 Å². The highest BCUT2D eigenvalue weighted by Crippen LogP contribution is 2.18. The fourth-order valence-corrected chi connectivity index (χ4v) is 1.95. The fraction of sp³-hybridized carbons (Fsp3) is 0.125. The van der Waals surface area contributed by atoms with Gasteiger partial charge in [0.2, 0.25) is 5.89 Å². The Hall–Kier alpha value is -2.62. The number of nitrogens with zero attached hydrogens (tertiary/aromatic N) is 2. The SMILES string of the molecule is c1ccc(CCNc2nnc(-c3ccccc3)o2)cc1. The van der Waals surface area contributed by atoms with Gasteiger partial charge in [0.05, 0.1) is 0 Å². The normalized spacial score (nSPS) is 10.4. The molecular weight excluding hydrogens is 250 g/mol. The van der Waals surface area contributed by atoms with Gasteiger partial charge in [0.1, 0.15) is 0 Å². The monoisotopic (exact) mass is 265 g/mol. The molecule has 0 spiro atoms. The third-order valence-electron chi connectivity index (χ3n) is 2.98. The van der Waals surface area contributed by atoms with Crippen LogP contribution in [0.25, 0.3) is 11.5 Å². The molecular formula is C16H15N3O. The molecule has 100 valence electrons. The smallest absolute Gasteiger partial charge is 0.315 e. The van der Waals surface area contributed by atoms with Crippen molar-refractivity contribution in [3.8, 4) is 11.5 Å². The van der Waals surface area contributed by atoms with Crippen LogP contribution in [0.1, 0.15) is 5.56 Å². The van der Waals surface area contributed by atoms with E-state index < -0.39 is 0 Å². The van der Waals surface area contributed by atoms with E-state index in [1.807, 2.05) is 48.5 Å². The molecule has 1 heterocycles. The second-order valence-electron chi connectivity index (χ2n) is 4.44. The van der Waals surface area contributed by atoms with Crippen molar-refractivity contribution in [2.75, 3.05) is 11.9 Å². The molecule has 0 aliphatic rings. The summed E-state index contributed by atoms with van der Waals surface area (Å²) in [5.74, 6) is 0.535. The molecule has 0 bridgehead atoms. The first kappa shape index (κ1) is 12.4. The van der Waals surface area contributed by atoms with Gasteiger partial charge in [-0.1, -0.05) is 53.6 Å². The van der Waals surface area contributed by atoms with Crippen LogP contribution in [0.3, 0.4) is 0 Å². The Kier molecular flexibility index (Phi) is 3.73. The number of nitrogens with one attached hydrogen (secondary N) is 1. The minimum Gasteiger partial charge on any atom is -0.403 e. The maximum absolute atomic E-state index is 5.57. The number of hydrogen-bond acceptors (Lipinski definition) is 4. The van der Waals surface area contributed by atoms with Crippen LogP contribution in [-0.4, -0.2) is 16.7 Å². The van der Waals surface area contributed by atoms with Gasteiger partial charge in [0.15, 0.2) is 0 Å². The lowest BCUT2D eigenvalue weighted by Gasteiger charge is -2.01. The van der Waals surface area contributed by atoms with E-state index >= 15 is 0 Å². The summed E-state index contributed by atoms with van der Waals surface area (Å²) < 4.78 is 5.57. The number of rotatable bonds is 5. The summed E-state index contributed by atoms with van der Waals surface area (Å²) in [6.45, 7) is 0.764. The van der Waals surface area contributed by atoms with Gasteiger partial charge < -0.3 is 9.73 Å². The molecule has 0 amide bonds. The predicted octanol–water partition coefficient (Wildman–Crippen LogP) is 3.39. The predicted molar refractivity (Wildman–Crippen MR) is 78.4 cm³/mol. The molecule has 0 saturated heterocycles. The Labute approximate surface area is 117 Å². The molecule has 0 unspecified atom stereocenters. The third-order valence-corrected chi connectivity index (χ3v) is 2.98. The van der Waals surface area contributed by atoms with Crippen molar-refractivity contribution < 1.29 is 4.42 Å². The standard InChI is InChI=1S/C16H15N3O/c1-3-7-13(8-4-1)11-12-17-16-19-18-15(20-16)14-9-5-2-6-10-14/h1-10H,11-12H2,(H,17,19). The number of benzene rings is 2. The van der Waals surface area contributed by atoms with Crippen LogP contribution in [0.4, 0.5) is 6.01 Å². The van der Waals surface area contributed by atoms with Crippen molar-refractivity contribution in [1.29, 1.82) is 0 Å². The van der Waals surface area contributed by atoms with Crippen LogP contribution in [-0.2, 0) is 6.42 Å². The second kappa shape index (κ2) is 6.02. The summed E-state index contributed by atoms with van der Waals surface area (Å²) in [4.78, 5) is 0. The van der Waals surface area contributed by atoms with Crippen LogP contribution in [0.15, 0.2) is 65.1 Å². The van der Waals surface area contributed by atoms with Gasteiger partial charge >= 0.3 is 6.01 Å². The molecule has 3 rings (SSSR count). The Morgan fingerprint density at radius 3 is 2.30 bits per heavy atom. The molecule has 1 aromatic heterocycles. The molecule has 0 atom stereocenters.